The van der Waals surface area contributed by atoms with Gasteiger partial charge in [0.05, 0.1) is 0 Å². The van der Waals surface area contributed by atoms with Gasteiger partial charge in [0.2, 0.25) is 0 Å². The van der Waals surface area contributed by atoms with Crippen LogP contribution in [0.2, 0.25) is 0 Å². The van der Waals surface area contributed by atoms with E-state index < -0.39 is 11.7 Å². The van der Waals surface area contributed by atoms with Crippen LogP contribution in [0.3, 0.4) is 0 Å². The molecule has 0 bridgehead atoms. The molecule has 3 aromatic rings. The number of carbonyl (C=O) groups is 1. The lowest BCUT2D eigenvalue weighted by atomic mass is 9.98. The summed E-state index contributed by atoms with van der Waals surface area (Å²) >= 11 is 0. The van der Waals surface area contributed by atoms with Crippen molar-refractivity contribution in [3.8, 4) is 11.1 Å². The lowest BCUT2D eigenvalue weighted by molar-refractivity contribution is 0.0636. The molecule has 0 aliphatic heterocycles. The third kappa shape index (κ3) is 5.05. The van der Waals surface area contributed by atoms with Gasteiger partial charge in [0, 0.05) is 17.1 Å². The Bertz CT molecular complexity index is 1110. The van der Waals surface area contributed by atoms with Crippen LogP contribution in [-0.2, 0) is 11.2 Å². The molecule has 0 spiro atoms. The highest BCUT2D eigenvalue weighted by Gasteiger charge is 2.17. The summed E-state index contributed by atoms with van der Waals surface area (Å²) in [4.78, 5) is 23.9. The van der Waals surface area contributed by atoms with Crippen LogP contribution in [0.5, 0.6) is 0 Å². The second-order valence-corrected chi connectivity index (χ2v) is 8.21. The summed E-state index contributed by atoms with van der Waals surface area (Å²) in [5, 5.41) is 3.78. The van der Waals surface area contributed by atoms with Crippen molar-refractivity contribution in [3.63, 3.8) is 0 Å². The molecule has 0 unspecified atom stereocenters. The molecule has 0 aliphatic rings. The van der Waals surface area contributed by atoms with Crippen LogP contribution >= 0.6 is 0 Å². The summed E-state index contributed by atoms with van der Waals surface area (Å²) in [6.07, 6.45) is 1.30. The maximum absolute atomic E-state index is 12.2. The van der Waals surface area contributed by atoms with Gasteiger partial charge in [-0.2, -0.15) is 0 Å². The Morgan fingerprint density at radius 1 is 1.07 bits per heavy atom. The monoisotopic (exact) mass is 393 g/mol. The fourth-order valence-corrected chi connectivity index (χ4v) is 3.29. The molecular weight excluding hydrogens is 366 g/mol. The van der Waals surface area contributed by atoms with E-state index in [9.17, 15) is 9.59 Å². The van der Waals surface area contributed by atoms with Crippen molar-refractivity contribution >= 4 is 22.7 Å². The number of amides is 1. The molecule has 5 nitrogen and oxygen atoms in total. The maximum Gasteiger partial charge on any atom is 0.412 e. The number of ether oxygens (including phenoxy) is 1. The number of rotatable bonds is 4. The van der Waals surface area contributed by atoms with Gasteiger partial charge in [-0.15, -0.1) is 0 Å². The Hall–Kier alpha value is -3.08. The van der Waals surface area contributed by atoms with E-state index in [0.717, 1.165) is 46.2 Å². The number of nitrogens with one attached hydrogen (secondary N) is 1. The van der Waals surface area contributed by atoms with Crippen molar-refractivity contribution in [2.75, 3.05) is 5.32 Å². The van der Waals surface area contributed by atoms with Gasteiger partial charge in [-0.3, -0.25) is 5.32 Å². The summed E-state index contributed by atoms with van der Waals surface area (Å²) in [5.74, 6) is 0. The van der Waals surface area contributed by atoms with Gasteiger partial charge in [0.25, 0.3) is 0 Å². The van der Waals surface area contributed by atoms with Gasteiger partial charge in [0.1, 0.15) is 11.2 Å². The van der Waals surface area contributed by atoms with Crippen molar-refractivity contribution < 1.29 is 13.9 Å². The van der Waals surface area contributed by atoms with Crippen molar-refractivity contribution in [3.05, 3.63) is 64.0 Å². The van der Waals surface area contributed by atoms with Gasteiger partial charge in [-0.1, -0.05) is 31.5 Å². The fraction of sp³-hybridized carbons (Fsp3) is 0.333. The molecule has 5 heteroatoms. The number of hydrogen-bond donors (Lipinski definition) is 1. The summed E-state index contributed by atoms with van der Waals surface area (Å²) in [6, 6.07) is 13.3. The predicted molar refractivity (Wildman–Crippen MR) is 117 cm³/mol. The summed E-state index contributed by atoms with van der Waals surface area (Å²) in [5.41, 5.74) is 4.28. The van der Waals surface area contributed by atoms with Crippen molar-refractivity contribution in [2.24, 2.45) is 0 Å². The van der Waals surface area contributed by atoms with Crippen LogP contribution in [0.1, 0.15) is 45.2 Å². The van der Waals surface area contributed by atoms with E-state index in [1.165, 1.54) is 6.07 Å². The first-order valence-electron chi connectivity index (χ1n) is 9.84. The van der Waals surface area contributed by atoms with Crippen LogP contribution in [0.15, 0.2) is 51.7 Å². The molecule has 1 N–H and O–H groups in total. The molecule has 0 atom stereocenters. The van der Waals surface area contributed by atoms with Crippen LogP contribution < -0.4 is 10.9 Å². The van der Waals surface area contributed by atoms with E-state index in [1.807, 2.05) is 58.0 Å². The minimum atomic E-state index is -0.553. The summed E-state index contributed by atoms with van der Waals surface area (Å²) < 4.78 is 10.7. The molecule has 0 saturated heterocycles. The van der Waals surface area contributed by atoms with Crippen LogP contribution in [0.4, 0.5) is 10.5 Å². The van der Waals surface area contributed by atoms with Crippen molar-refractivity contribution in [1.82, 2.24) is 0 Å². The third-order valence-electron chi connectivity index (χ3n) is 4.54. The largest absolute Gasteiger partial charge is 0.444 e. The van der Waals surface area contributed by atoms with Crippen LogP contribution in [0.25, 0.3) is 22.1 Å². The van der Waals surface area contributed by atoms with Gasteiger partial charge < -0.3 is 9.15 Å². The maximum atomic E-state index is 12.2. The molecule has 152 valence electrons. The Kier molecular flexibility index (Phi) is 5.78. The Balaban J connectivity index is 1.96. The number of benzene rings is 2. The summed E-state index contributed by atoms with van der Waals surface area (Å²) in [6.45, 7) is 9.50. The van der Waals surface area contributed by atoms with Gasteiger partial charge in [0.15, 0.2) is 0 Å². The zero-order valence-corrected chi connectivity index (χ0v) is 17.6. The van der Waals surface area contributed by atoms with E-state index in [-0.39, 0.29) is 5.63 Å². The summed E-state index contributed by atoms with van der Waals surface area (Å²) in [7, 11) is 0. The smallest absolute Gasteiger partial charge is 0.412 e. The number of fused-ring (bicyclic) bond motifs is 1. The molecule has 0 aliphatic carbocycles. The Labute approximate surface area is 170 Å². The topological polar surface area (TPSA) is 68.5 Å². The SMILES string of the molecule is CCCc1cc(-c2ccc3c(C)cc(=O)oc3c2)ccc1NC(=O)OC(C)(C)C. The predicted octanol–water partition coefficient (Wildman–Crippen LogP) is 6.07. The molecule has 2 aromatic carbocycles. The third-order valence-corrected chi connectivity index (χ3v) is 4.54. The quantitative estimate of drug-likeness (QED) is 0.546. The molecular formula is C24H27NO4. The molecule has 29 heavy (non-hydrogen) atoms. The minimum absolute atomic E-state index is 0.351. The standard InChI is InChI=1S/C24H27NO4/c1-6-7-18-13-16(9-11-20(18)25-23(27)29-24(3,4)5)17-8-10-19-15(2)12-22(26)28-21(19)14-17/h8-14H,6-7H2,1-5H3,(H,25,27). The van der Waals surface area contributed by atoms with E-state index in [1.54, 1.807) is 0 Å². The highest BCUT2D eigenvalue weighted by Crippen LogP contribution is 2.29. The molecule has 1 heterocycles. The number of aryl methyl sites for hydroxylation is 2. The second kappa shape index (κ2) is 8.11. The molecule has 0 fully saturated rings. The first-order valence-corrected chi connectivity index (χ1v) is 9.84. The lowest BCUT2D eigenvalue weighted by Crippen LogP contribution is -2.27. The van der Waals surface area contributed by atoms with Crippen LogP contribution in [0, 0.1) is 6.92 Å². The molecule has 3 rings (SSSR count). The first-order chi connectivity index (χ1) is 13.7. The molecule has 1 aromatic heterocycles. The van der Waals surface area contributed by atoms with E-state index in [2.05, 4.69) is 18.3 Å². The highest BCUT2D eigenvalue weighted by molar-refractivity contribution is 5.88. The highest BCUT2D eigenvalue weighted by atomic mass is 16.6. The number of anilines is 1. The Morgan fingerprint density at radius 3 is 2.45 bits per heavy atom. The van der Waals surface area contributed by atoms with E-state index in [4.69, 9.17) is 9.15 Å². The Morgan fingerprint density at radius 2 is 1.76 bits per heavy atom. The zero-order chi connectivity index (χ0) is 21.2. The molecule has 0 radical (unpaired) electrons. The first kappa shape index (κ1) is 20.6. The average molecular weight is 393 g/mol. The molecule has 0 saturated carbocycles. The minimum Gasteiger partial charge on any atom is -0.444 e. The van der Waals surface area contributed by atoms with Crippen molar-refractivity contribution in [1.29, 1.82) is 0 Å². The van der Waals surface area contributed by atoms with E-state index >= 15 is 0 Å². The lowest BCUT2D eigenvalue weighted by Gasteiger charge is -2.20. The van der Waals surface area contributed by atoms with Gasteiger partial charge >= 0.3 is 11.7 Å². The normalized spacial score (nSPS) is 11.5. The number of hydrogen-bond acceptors (Lipinski definition) is 4. The van der Waals surface area contributed by atoms with Crippen LogP contribution in [-0.4, -0.2) is 11.7 Å². The number of carbonyl (C=O) groups excluding carboxylic acids is 1. The zero-order valence-electron chi connectivity index (χ0n) is 17.6. The van der Waals surface area contributed by atoms with Gasteiger partial charge in [-0.05, 0) is 74.6 Å². The van der Waals surface area contributed by atoms with Crippen molar-refractivity contribution in [2.45, 2.75) is 53.1 Å². The average Bonchev–Trinajstić information content (AvgIpc) is 2.61. The van der Waals surface area contributed by atoms with Gasteiger partial charge in [-0.25, -0.2) is 9.59 Å². The molecule has 1 amide bonds. The van der Waals surface area contributed by atoms with E-state index in [0.29, 0.717) is 5.58 Å². The second-order valence-electron chi connectivity index (χ2n) is 8.21. The fourth-order valence-electron chi connectivity index (χ4n) is 3.29.